The van der Waals surface area contributed by atoms with Crippen molar-refractivity contribution in [1.82, 2.24) is 0 Å². The fourth-order valence-corrected chi connectivity index (χ4v) is 3.52. The van der Waals surface area contributed by atoms with Gasteiger partial charge in [0.15, 0.2) is 15.6 Å². The van der Waals surface area contributed by atoms with Crippen LogP contribution in [-0.2, 0) is 9.84 Å². The molecule has 0 bridgehead atoms. The van der Waals surface area contributed by atoms with Gasteiger partial charge in [0.2, 0.25) is 0 Å². The normalized spacial score (nSPS) is 11.1. The molecule has 0 aliphatic heterocycles. The molecule has 0 spiro atoms. The van der Waals surface area contributed by atoms with E-state index in [0.717, 1.165) is 0 Å². The van der Waals surface area contributed by atoms with Crippen molar-refractivity contribution in [1.29, 1.82) is 0 Å². The summed E-state index contributed by atoms with van der Waals surface area (Å²) in [5.41, 5.74) is 0.446. The quantitative estimate of drug-likeness (QED) is 0.541. The largest absolute Gasteiger partial charge is 0.497 e. The number of methoxy groups -OCH3 is 1. The Morgan fingerprint density at radius 1 is 1.08 bits per heavy atom. The molecule has 0 radical (unpaired) electrons. The lowest BCUT2D eigenvalue weighted by Crippen LogP contribution is -2.11. The van der Waals surface area contributed by atoms with Gasteiger partial charge in [-0.3, -0.25) is 4.79 Å². The van der Waals surface area contributed by atoms with E-state index in [1.807, 2.05) is 0 Å². The topological polar surface area (TPSA) is 69.7 Å². The van der Waals surface area contributed by atoms with Crippen LogP contribution in [0.15, 0.2) is 53.4 Å². The lowest BCUT2D eigenvalue weighted by atomic mass is 10.1. The van der Waals surface area contributed by atoms with Crippen molar-refractivity contribution < 1.29 is 22.7 Å². The molecule has 2 aromatic carbocycles. The molecule has 0 amide bonds. The number of carbonyl (C=O) groups excluding carboxylic acids is 1. The van der Waals surface area contributed by atoms with Crippen LogP contribution in [-0.4, -0.2) is 33.7 Å². The summed E-state index contributed by atoms with van der Waals surface area (Å²) in [5, 5.41) is 0. The second-order valence-electron chi connectivity index (χ2n) is 5.25. The Labute approximate surface area is 142 Å². The van der Waals surface area contributed by atoms with Crippen molar-refractivity contribution in [3.05, 3.63) is 54.1 Å². The van der Waals surface area contributed by atoms with Gasteiger partial charge in [-0.2, -0.15) is 0 Å². The molecule has 0 saturated heterocycles. The predicted molar refractivity (Wildman–Crippen MR) is 91.6 cm³/mol. The van der Waals surface area contributed by atoms with Crippen LogP contribution < -0.4 is 9.47 Å². The number of rotatable bonds is 8. The fraction of sp³-hybridized carbons (Fsp3) is 0.278. The van der Waals surface area contributed by atoms with Crippen LogP contribution in [0.1, 0.15) is 23.7 Å². The maximum atomic E-state index is 12.2. The van der Waals surface area contributed by atoms with E-state index in [-0.39, 0.29) is 18.1 Å². The zero-order chi connectivity index (χ0) is 17.6. The van der Waals surface area contributed by atoms with Gasteiger partial charge >= 0.3 is 0 Å². The molecule has 0 aliphatic carbocycles. The van der Waals surface area contributed by atoms with Gasteiger partial charge in [-0.15, -0.1) is 0 Å². The predicted octanol–water partition coefficient (Wildman–Crippen LogP) is 3.14. The van der Waals surface area contributed by atoms with Gasteiger partial charge < -0.3 is 9.47 Å². The highest BCUT2D eigenvalue weighted by Crippen LogP contribution is 2.25. The third-order valence-electron chi connectivity index (χ3n) is 3.49. The average Bonchev–Trinajstić information content (AvgIpc) is 2.59. The van der Waals surface area contributed by atoms with Crippen LogP contribution in [0.25, 0.3) is 0 Å². The Morgan fingerprint density at radius 2 is 1.79 bits per heavy atom. The minimum Gasteiger partial charge on any atom is -0.497 e. The monoisotopic (exact) mass is 348 g/mol. The molecular formula is C18H20O5S. The summed E-state index contributed by atoms with van der Waals surface area (Å²) in [6.07, 6.45) is 0.325. The number of ketones is 1. The Balaban J connectivity index is 1.98. The molecule has 2 rings (SSSR count). The average molecular weight is 348 g/mol. The first-order chi connectivity index (χ1) is 11.4. The molecule has 0 N–H and O–H groups in total. The van der Waals surface area contributed by atoms with E-state index in [1.54, 1.807) is 48.5 Å². The highest BCUT2D eigenvalue weighted by Gasteiger charge is 2.14. The molecule has 5 nitrogen and oxygen atoms in total. The smallest absolute Gasteiger partial charge is 0.178 e. The van der Waals surface area contributed by atoms with Gasteiger partial charge in [0.1, 0.15) is 11.5 Å². The van der Waals surface area contributed by atoms with Crippen LogP contribution in [0, 0.1) is 0 Å². The van der Waals surface area contributed by atoms with Gasteiger partial charge in [-0.1, -0.05) is 18.2 Å². The van der Waals surface area contributed by atoms with Gasteiger partial charge in [0.25, 0.3) is 0 Å². The van der Waals surface area contributed by atoms with Crippen molar-refractivity contribution in [2.75, 3.05) is 19.5 Å². The van der Waals surface area contributed by atoms with Gasteiger partial charge in [0.05, 0.1) is 29.9 Å². The van der Waals surface area contributed by atoms with E-state index in [4.69, 9.17) is 9.47 Å². The van der Waals surface area contributed by atoms with Gasteiger partial charge in [0, 0.05) is 6.07 Å². The van der Waals surface area contributed by atoms with Crippen molar-refractivity contribution in [2.45, 2.75) is 18.2 Å². The summed E-state index contributed by atoms with van der Waals surface area (Å²) < 4.78 is 35.1. The summed E-state index contributed by atoms with van der Waals surface area (Å²) in [6.45, 7) is 1.65. The van der Waals surface area contributed by atoms with E-state index in [0.29, 0.717) is 28.4 Å². The second-order valence-corrected chi connectivity index (χ2v) is 7.36. The van der Waals surface area contributed by atoms with E-state index in [1.165, 1.54) is 14.0 Å². The molecule has 0 aromatic heterocycles. The Hall–Kier alpha value is -2.34. The molecule has 0 fully saturated rings. The minimum absolute atomic E-state index is 0.0175. The number of hydrogen-bond donors (Lipinski definition) is 0. The van der Waals surface area contributed by atoms with Crippen molar-refractivity contribution >= 4 is 15.6 Å². The Morgan fingerprint density at radius 3 is 2.42 bits per heavy atom. The summed E-state index contributed by atoms with van der Waals surface area (Å²) in [7, 11) is -1.80. The van der Waals surface area contributed by atoms with Crippen molar-refractivity contribution in [2.24, 2.45) is 0 Å². The summed E-state index contributed by atoms with van der Waals surface area (Å²) in [4.78, 5) is 11.9. The first-order valence-electron chi connectivity index (χ1n) is 7.53. The van der Waals surface area contributed by atoms with E-state index < -0.39 is 9.84 Å². The van der Waals surface area contributed by atoms with Crippen molar-refractivity contribution in [3.8, 4) is 11.5 Å². The molecule has 24 heavy (non-hydrogen) atoms. The second kappa shape index (κ2) is 7.97. The summed E-state index contributed by atoms with van der Waals surface area (Å²) in [5.74, 6) is 0.839. The number of Topliss-reactive ketones (excluding diaryl/α,β-unsaturated/α-hetero) is 1. The third-order valence-corrected chi connectivity index (χ3v) is 5.30. The molecule has 0 heterocycles. The maximum absolute atomic E-state index is 12.2. The van der Waals surface area contributed by atoms with E-state index in [9.17, 15) is 13.2 Å². The molecule has 6 heteroatoms. The highest BCUT2D eigenvalue weighted by molar-refractivity contribution is 7.91. The number of hydrogen-bond acceptors (Lipinski definition) is 5. The zero-order valence-corrected chi connectivity index (χ0v) is 14.5. The Kier molecular flexibility index (Phi) is 5.98. The van der Waals surface area contributed by atoms with E-state index in [2.05, 4.69) is 0 Å². The lowest BCUT2D eigenvalue weighted by molar-refractivity contribution is 0.101. The summed E-state index contributed by atoms with van der Waals surface area (Å²) >= 11 is 0. The zero-order valence-electron chi connectivity index (χ0n) is 13.7. The number of carbonyl (C=O) groups is 1. The SMILES string of the molecule is COc1ccc(C(C)=O)c(OCCCS(=O)(=O)c2ccccc2)c1. The number of benzene rings is 2. The standard InChI is InChI=1S/C18H20O5S/c1-14(19)17-10-9-15(22-2)13-18(17)23-11-6-12-24(20,21)16-7-4-3-5-8-16/h3-5,7-10,13H,6,11-12H2,1-2H3. The molecule has 0 atom stereocenters. The first kappa shape index (κ1) is 18.0. The van der Waals surface area contributed by atoms with Crippen molar-refractivity contribution in [3.63, 3.8) is 0 Å². The fourth-order valence-electron chi connectivity index (χ4n) is 2.22. The first-order valence-corrected chi connectivity index (χ1v) is 9.19. The molecule has 2 aromatic rings. The molecule has 128 valence electrons. The number of ether oxygens (including phenoxy) is 2. The van der Waals surface area contributed by atoms with Gasteiger partial charge in [-0.25, -0.2) is 8.42 Å². The van der Waals surface area contributed by atoms with Crippen LogP contribution in [0.2, 0.25) is 0 Å². The van der Waals surface area contributed by atoms with Crippen LogP contribution in [0.4, 0.5) is 0 Å². The molecular weight excluding hydrogens is 328 g/mol. The number of sulfone groups is 1. The molecule has 0 aliphatic rings. The maximum Gasteiger partial charge on any atom is 0.178 e. The van der Waals surface area contributed by atoms with Gasteiger partial charge in [-0.05, 0) is 37.6 Å². The van der Waals surface area contributed by atoms with Crippen LogP contribution in [0.3, 0.4) is 0 Å². The lowest BCUT2D eigenvalue weighted by Gasteiger charge is -2.11. The summed E-state index contributed by atoms with van der Waals surface area (Å²) in [6, 6.07) is 13.3. The minimum atomic E-state index is -3.33. The van der Waals surface area contributed by atoms with Crippen LogP contribution >= 0.6 is 0 Å². The van der Waals surface area contributed by atoms with Crippen LogP contribution in [0.5, 0.6) is 11.5 Å². The molecule has 0 saturated carbocycles. The highest BCUT2D eigenvalue weighted by atomic mass is 32.2. The molecule has 0 unspecified atom stereocenters. The van der Waals surface area contributed by atoms with E-state index >= 15 is 0 Å². The third kappa shape index (κ3) is 4.58. The Bertz CT molecular complexity index is 797.